The third kappa shape index (κ3) is 5.36. The van der Waals surface area contributed by atoms with E-state index in [1.165, 1.54) is 15.6 Å². The molecule has 0 aliphatic carbocycles. The molecule has 0 spiro atoms. The Morgan fingerprint density at radius 3 is 2.66 bits per heavy atom. The SMILES string of the molecule is O=C(NCCC1CCCCN1S(=O)(=O)c1cccs1)C(=O)Nc1ccccc1Cl. The fourth-order valence-corrected chi connectivity index (χ4v) is 6.31. The number of benzene rings is 1. The van der Waals surface area contributed by atoms with Crippen molar-refractivity contribution in [3.8, 4) is 0 Å². The number of sulfonamides is 1. The molecule has 1 aliphatic heterocycles. The number of hydrogen-bond acceptors (Lipinski definition) is 5. The summed E-state index contributed by atoms with van der Waals surface area (Å²) in [4.78, 5) is 24.1. The summed E-state index contributed by atoms with van der Waals surface area (Å²) in [6.45, 7) is 0.668. The van der Waals surface area contributed by atoms with Crippen LogP contribution in [0.4, 0.5) is 5.69 Å². The van der Waals surface area contributed by atoms with Crippen LogP contribution >= 0.6 is 22.9 Å². The van der Waals surface area contributed by atoms with Gasteiger partial charge in [-0.2, -0.15) is 4.31 Å². The van der Waals surface area contributed by atoms with Gasteiger partial charge in [0.1, 0.15) is 4.21 Å². The number of carbonyl (C=O) groups excluding carboxylic acids is 2. The van der Waals surface area contributed by atoms with Crippen LogP contribution in [0.5, 0.6) is 0 Å². The van der Waals surface area contributed by atoms with E-state index in [1.54, 1.807) is 41.8 Å². The van der Waals surface area contributed by atoms with E-state index in [0.717, 1.165) is 19.3 Å². The van der Waals surface area contributed by atoms with Crippen LogP contribution in [0.25, 0.3) is 0 Å². The summed E-state index contributed by atoms with van der Waals surface area (Å²) in [6.07, 6.45) is 2.91. The number of thiophene rings is 1. The number of halogens is 1. The number of piperidine rings is 1. The molecule has 0 radical (unpaired) electrons. The summed E-state index contributed by atoms with van der Waals surface area (Å²) in [7, 11) is -3.54. The molecule has 1 atom stereocenters. The Bertz CT molecular complexity index is 964. The van der Waals surface area contributed by atoms with Gasteiger partial charge in [0.15, 0.2) is 0 Å². The molecular weight excluding hydrogens is 434 g/mol. The maximum Gasteiger partial charge on any atom is 0.313 e. The lowest BCUT2D eigenvalue weighted by atomic mass is 10.0. The first kappa shape index (κ1) is 21.8. The van der Waals surface area contributed by atoms with Crippen LogP contribution in [-0.2, 0) is 19.6 Å². The highest BCUT2D eigenvalue weighted by Gasteiger charge is 2.33. The van der Waals surface area contributed by atoms with Crippen LogP contribution in [0.2, 0.25) is 5.02 Å². The Balaban J connectivity index is 1.55. The van der Waals surface area contributed by atoms with E-state index >= 15 is 0 Å². The normalized spacial score (nSPS) is 17.6. The first-order valence-corrected chi connectivity index (χ1v) is 12.0. The van der Waals surface area contributed by atoms with Crippen LogP contribution in [-0.4, -0.2) is 43.7 Å². The monoisotopic (exact) mass is 455 g/mol. The highest BCUT2D eigenvalue weighted by Crippen LogP contribution is 2.29. The molecule has 10 heteroatoms. The maximum atomic E-state index is 12.9. The molecule has 1 saturated heterocycles. The summed E-state index contributed by atoms with van der Waals surface area (Å²) >= 11 is 7.17. The number of hydrogen-bond donors (Lipinski definition) is 2. The Labute approximate surface area is 179 Å². The predicted molar refractivity (Wildman–Crippen MR) is 114 cm³/mol. The van der Waals surface area contributed by atoms with Gasteiger partial charge in [-0.15, -0.1) is 11.3 Å². The minimum Gasteiger partial charge on any atom is -0.348 e. The second-order valence-corrected chi connectivity index (χ2v) is 10.1. The van der Waals surface area contributed by atoms with Crippen LogP contribution in [0.15, 0.2) is 46.0 Å². The average molecular weight is 456 g/mol. The van der Waals surface area contributed by atoms with Gasteiger partial charge in [-0.1, -0.05) is 36.2 Å². The lowest BCUT2D eigenvalue weighted by Crippen LogP contribution is -2.45. The third-order valence-electron chi connectivity index (χ3n) is 4.72. The highest BCUT2D eigenvalue weighted by atomic mass is 35.5. The van der Waals surface area contributed by atoms with E-state index in [9.17, 15) is 18.0 Å². The fourth-order valence-electron chi connectivity index (χ4n) is 3.28. The number of amides is 2. The van der Waals surface area contributed by atoms with E-state index in [1.807, 2.05) is 0 Å². The minimum atomic E-state index is -3.54. The number of rotatable bonds is 6. The van der Waals surface area contributed by atoms with Crippen molar-refractivity contribution in [2.75, 3.05) is 18.4 Å². The third-order valence-corrected chi connectivity index (χ3v) is 8.38. The fraction of sp³-hybridized carbons (Fsp3) is 0.368. The van der Waals surface area contributed by atoms with Crippen molar-refractivity contribution >= 4 is 50.5 Å². The molecule has 2 aromatic rings. The molecule has 2 amide bonds. The van der Waals surface area contributed by atoms with Gasteiger partial charge in [0.2, 0.25) is 0 Å². The molecule has 0 saturated carbocycles. The molecule has 3 rings (SSSR count). The topological polar surface area (TPSA) is 95.6 Å². The van der Waals surface area contributed by atoms with Gasteiger partial charge in [-0.05, 0) is 42.8 Å². The standard InChI is InChI=1S/C19H22ClN3O4S2/c20-15-7-1-2-8-16(15)22-19(25)18(24)21-11-10-14-6-3-4-12-23(14)29(26,27)17-9-5-13-28-17/h1-2,5,7-9,13-14H,3-4,6,10-12H2,(H,21,24)(H,22,25). The minimum absolute atomic E-state index is 0.204. The zero-order valence-electron chi connectivity index (χ0n) is 15.6. The molecule has 29 heavy (non-hydrogen) atoms. The van der Waals surface area contributed by atoms with Crippen LogP contribution < -0.4 is 10.6 Å². The quantitative estimate of drug-likeness (QED) is 0.654. The van der Waals surface area contributed by atoms with Gasteiger partial charge in [-0.25, -0.2) is 8.42 Å². The van der Waals surface area contributed by atoms with Crippen molar-refractivity contribution in [1.29, 1.82) is 0 Å². The van der Waals surface area contributed by atoms with Crippen LogP contribution in [0, 0.1) is 0 Å². The lowest BCUT2D eigenvalue weighted by molar-refractivity contribution is -0.136. The smallest absolute Gasteiger partial charge is 0.313 e. The summed E-state index contributed by atoms with van der Waals surface area (Å²) < 4.78 is 27.6. The first-order valence-electron chi connectivity index (χ1n) is 9.28. The molecule has 1 aromatic heterocycles. The Hall–Kier alpha value is -1.94. The summed E-state index contributed by atoms with van der Waals surface area (Å²) in [6, 6.07) is 9.75. The largest absolute Gasteiger partial charge is 0.348 e. The predicted octanol–water partition coefficient (Wildman–Crippen LogP) is 3.09. The van der Waals surface area contributed by atoms with Gasteiger partial charge in [-0.3, -0.25) is 9.59 Å². The molecule has 1 unspecified atom stereocenters. The van der Waals surface area contributed by atoms with Crippen LogP contribution in [0.1, 0.15) is 25.7 Å². The second kappa shape index (κ2) is 9.71. The Kier molecular flexibility index (Phi) is 7.28. The van der Waals surface area contributed by atoms with E-state index in [0.29, 0.717) is 27.9 Å². The Morgan fingerprint density at radius 1 is 1.14 bits per heavy atom. The molecule has 2 N–H and O–H groups in total. The number of nitrogens with zero attached hydrogens (tertiary/aromatic N) is 1. The van der Waals surface area contributed by atoms with Gasteiger partial charge < -0.3 is 10.6 Å². The zero-order chi connectivity index (χ0) is 20.9. The van der Waals surface area contributed by atoms with Crippen molar-refractivity contribution in [2.45, 2.75) is 35.9 Å². The van der Waals surface area contributed by atoms with Gasteiger partial charge >= 0.3 is 11.8 Å². The summed E-state index contributed by atoms with van der Waals surface area (Å²) in [5.74, 6) is -1.60. The molecule has 156 valence electrons. The number of carbonyl (C=O) groups is 2. The van der Waals surface area contributed by atoms with Gasteiger partial charge in [0, 0.05) is 19.1 Å². The summed E-state index contributed by atoms with van der Waals surface area (Å²) in [5, 5.41) is 7.10. The van der Waals surface area contributed by atoms with Gasteiger partial charge in [0.25, 0.3) is 10.0 Å². The lowest BCUT2D eigenvalue weighted by Gasteiger charge is -2.34. The van der Waals surface area contributed by atoms with Crippen LogP contribution in [0.3, 0.4) is 0 Å². The van der Waals surface area contributed by atoms with Crippen molar-refractivity contribution in [3.05, 3.63) is 46.8 Å². The van der Waals surface area contributed by atoms with Gasteiger partial charge in [0.05, 0.1) is 10.7 Å². The highest BCUT2D eigenvalue weighted by molar-refractivity contribution is 7.91. The number of para-hydroxylation sites is 1. The number of anilines is 1. The molecule has 1 fully saturated rings. The molecule has 7 nitrogen and oxygen atoms in total. The van der Waals surface area contributed by atoms with Crippen molar-refractivity contribution in [2.24, 2.45) is 0 Å². The molecular formula is C19H22ClN3O4S2. The van der Waals surface area contributed by atoms with E-state index in [4.69, 9.17) is 11.6 Å². The molecule has 0 bridgehead atoms. The molecule has 2 heterocycles. The van der Waals surface area contributed by atoms with E-state index in [2.05, 4.69) is 10.6 Å². The average Bonchev–Trinajstić information content (AvgIpc) is 3.25. The van der Waals surface area contributed by atoms with Crippen molar-refractivity contribution in [1.82, 2.24) is 9.62 Å². The second-order valence-electron chi connectivity index (χ2n) is 6.68. The molecule has 1 aliphatic rings. The Morgan fingerprint density at radius 2 is 1.93 bits per heavy atom. The number of nitrogens with one attached hydrogen (secondary N) is 2. The first-order chi connectivity index (χ1) is 13.9. The van der Waals surface area contributed by atoms with Crippen molar-refractivity contribution in [3.63, 3.8) is 0 Å². The summed E-state index contributed by atoms with van der Waals surface area (Å²) in [5.41, 5.74) is 0.356. The van der Waals surface area contributed by atoms with E-state index < -0.39 is 21.8 Å². The van der Waals surface area contributed by atoms with Crippen molar-refractivity contribution < 1.29 is 18.0 Å². The molecule has 1 aromatic carbocycles. The zero-order valence-corrected chi connectivity index (χ0v) is 18.0. The maximum absolute atomic E-state index is 12.9. The van der Waals surface area contributed by atoms with E-state index in [-0.39, 0.29) is 12.6 Å².